The molecular formula is C25H30N2O6S. The lowest BCUT2D eigenvalue weighted by atomic mass is 9.98. The molecule has 0 radical (unpaired) electrons. The number of rotatable bonds is 11. The lowest BCUT2D eigenvalue weighted by Crippen LogP contribution is -2.55. The van der Waals surface area contributed by atoms with Crippen LogP contribution in [0.3, 0.4) is 0 Å². The van der Waals surface area contributed by atoms with E-state index < -0.39 is 36.2 Å². The summed E-state index contributed by atoms with van der Waals surface area (Å²) in [7, 11) is 1.37. The Morgan fingerprint density at radius 2 is 1.62 bits per heavy atom. The number of hydrogen-bond donors (Lipinski definition) is 3. The number of carbonyl (C=O) groups is 3. The highest BCUT2D eigenvalue weighted by atomic mass is 32.2. The lowest BCUT2D eigenvalue weighted by molar-refractivity contribution is -0.145. The molecule has 0 aromatic heterocycles. The second-order valence-corrected chi connectivity index (χ2v) is 9.05. The summed E-state index contributed by atoms with van der Waals surface area (Å²) in [6.07, 6.45) is 0.743. The van der Waals surface area contributed by atoms with Crippen LogP contribution in [-0.4, -0.2) is 67.0 Å². The smallest absolute Gasteiger partial charge is 0.407 e. The Morgan fingerprint density at radius 3 is 2.15 bits per heavy atom. The normalized spacial score (nSPS) is 14.9. The average Bonchev–Trinajstić information content (AvgIpc) is 3.16. The van der Waals surface area contributed by atoms with Gasteiger partial charge in [0.25, 0.3) is 0 Å². The van der Waals surface area contributed by atoms with Crippen LogP contribution in [0.15, 0.2) is 48.5 Å². The fraction of sp³-hybridized carbons (Fsp3) is 0.400. The first-order chi connectivity index (χ1) is 16.4. The molecule has 0 aliphatic heterocycles. The quantitative estimate of drug-likeness (QED) is 0.447. The van der Waals surface area contributed by atoms with Gasteiger partial charge in [-0.1, -0.05) is 48.5 Å². The molecule has 0 bridgehead atoms. The molecule has 3 unspecified atom stereocenters. The molecule has 0 saturated carbocycles. The minimum Gasteiger partial charge on any atom is -0.480 e. The van der Waals surface area contributed by atoms with Crippen LogP contribution in [0.5, 0.6) is 0 Å². The Kier molecular flexibility index (Phi) is 8.95. The maximum atomic E-state index is 12.8. The van der Waals surface area contributed by atoms with Gasteiger partial charge in [-0.25, -0.2) is 9.59 Å². The summed E-state index contributed by atoms with van der Waals surface area (Å²) < 4.78 is 10.6. The summed E-state index contributed by atoms with van der Waals surface area (Å²) in [6, 6.07) is 13.9. The number of carbonyl (C=O) groups excluding carboxylic acids is 2. The molecule has 2 amide bonds. The molecule has 9 heteroatoms. The average molecular weight is 487 g/mol. The third-order valence-corrected chi connectivity index (χ3v) is 6.61. The predicted molar refractivity (Wildman–Crippen MR) is 131 cm³/mol. The highest BCUT2D eigenvalue weighted by Gasteiger charge is 2.32. The van der Waals surface area contributed by atoms with Crippen molar-refractivity contribution in [2.75, 3.05) is 25.7 Å². The fourth-order valence-electron chi connectivity index (χ4n) is 4.06. The van der Waals surface area contributed by atoms with Crippen LogP contribution in [0.4, 0.5) is 4.79 Å². The first-order valence-electron chi connectivity index (χ1n) is 11.0. The Bertz CT molecular complexity index is 984. The van der Waals surface area contributed by atoms with Crippen LogP contribution in [0.2, 0.25) is 0 Å². The van der Waals surface area contributed by atoms with E-state index in [2.05, 4.69) is 22.8 Å². The second-order valence-electron chi connectivity index (χ2n) is 8.07. The van der Waals surface area contributed by atoms with Gasteiger partial charge < -0.3 is 25.2 Å². The number of carboxylic acid groups (broad SMARTS) is 1. The molecule has 2 aromatic carbocycles. The summed E-state index contributed by atoms with van der Waals surface area (Å²) in [6.45, 7) is 1.67. The van der Waals surface area contributed by atoms with Crippen LogP contribution >= 0.6 is 11.8 Å². The van der Waals surface area contributed by atoms with Crippen molar-refractivity contribution >= 4 is 29.7 Å². The van der Waals surface area contributed by atoms with E-state index in [1.54, 1.807) is 6.92 Å². The van der Waals surface area contributed by atoms with E-state index in [1.807, 2.05) is 42.7 Å². The maximum Gasteiger partial charge on any atom is 0.407 e. The summed E-state index contributed by atoms with van der Waals surface area (Å²) in [4.78, 5) is 37.0. The third kappa shape index (κ3) is 5.90. The van der Waals surface area contributed by atoms with Crippen molar-refractivity contribution in [1.82, 2.24) is 10.6 Å². The molecule has 2 aromatic rings. The molecule has 0 spiro atoms. The zero-order valence-electron chi connectivity index (χ0n) is 19.4. The van der Waals surface area contributed by atoms with E-state index in [-0.39, 0.29) is 12.5 Å². The standard InChI is InChI=1S/C25H30N2O6S/c1-15(32-2)22(24(29)30)27-23(28)21(12-13-34-3)26-25(31)33-14-20-18-10-6-4-8-16(18)17-9-5-7-11-19(17)20/h4-11,15,20-22H,12-14H2,1-3H3,(H,26,31)(H,27,28)(H,29,30). The molecule has 1 aliphatic carbocycles. The van der Waals surface area contributed by atoms with Gasteiger partial charge in [-0.15, -0.1) is 0 Å². The highest BCUT2D eigenvalue weighted by molar-refractivity contribution is 7.98. The summed E-state index contributed by atoms with van der Waals surface area (Å²) in [5.41, 5.74) is 4.42. The summed E-state index contributed by atoms with van der Waals surface area (Å²) in [5, 5.41) is 14.5. The number of amides is 2. The molecule has 1 aliphatic rings. The molecule has 3 rings (SSSR count). The number of hydrogen-bond acceptors (Lipinski definition) is 6. The number of fused-ring (bicyclic) bond motifs is 3. The minimum absolute atomic E-state index is 0.101. The molecule has 0 saturated heterocycles. The van der Waals surface area contributed by atoms with Gasteiger partial charge in [0.05, 0.1) is 6.10 Å². The number of ether oxygens (including phenoxy) is 2. The van der Waals surface area contributed by atoms with Gasteiger partial charge in [0, 0.05) is 13.0 Å². The van der Waals surface area contributed by atoms with Gasteiger partial charge >= 0.3 is 12.1 Å². The number of benzene rings is 2. The second kappa shape index (κ2) is 11.9. The minimum atomic E-state index is -1.24. The molecular weight excluding hydrogens is 456 g/mol. The van der Waals surface area contributed by atoms with E-state index in [9.17, 15) is 19.5 Å². The van der Waals surface area contributed by atoms with Gasteiger partial charge in [0.2, 0.25) is 5.91 Å². The van der Waals surface area contributed by atoms with Crippen LogP contribution in [-0.2, 0) is 19.1 Å². The maximum absolute atomic E-state index is 12.8. The Balaban J connectivity index is 1.66. The number of carboxylic acids is 1. The molecule has 3 N–H and O–H groups in total. The largest absolute Gasteiger partial charge is 0.480 e. The van der Waals surface area contributed by atoms with Crippen molar-refractivity contribution in [3.8, 4) is 11.1 Å². The monoisotopic (exact) mass is 486 g/mol. The van der Waals surface area contributed by atoms with Gasteiger partial charge in [-0.05, 0) is 47.6 Å². The Labute approximate surface area is 203 Å². The van der Waals surface area contributed by atoms with E-state index in [1.165, 1.54) is 18.9 Å². The topological polar surface area (TPSA) is 114 Å². The SMILES string of the molecule is COC(C)C(NC(=O)C(CCSC)NC(=O)OCC1c2ccccc2-c2ccccc21)C(=O)O. The van der Waals surface area contributed by atoms with Gasteiger partial charge in [-0.3, -0.25) is 4.79 Å². The predicted octanol–water partition coefficient (Wildman–Crippen LogP) is 3.25. The number of methoxy groups -OCH3 is 1. The van der Waals surface area contributed by atoms with Crippen LogP contribution in [0.25, 0.3) is 11.1 Å². The summed E-state index contributed by atoms with van der Waals surface area (Å²) >= 11 is 1.52. The number of alkyl carbamates (subject to hydrolysis) is 1. The first-order valence-corrected chi connectivity index (χ1v) is 12.4. The summed E-state index contributed by atoms with van der Waals surface area (Å²) in [5.74, 6) is -1.32. The Hall–Kier alpha value is -3.04. The van der Waals surface area contributed by atoms with Crippen molar-refractivity contribution in [2.45, 2.75) is 37.5 Å². The zero-order valence-corrected chi connectivity index (χ0v) is 20.3. The van der Waals surface area contributed by atoms with Crippen molar-refractivity contribution in [3.63, 3.8) is 0 Å². The van der Waals surface area contributed by atoms with Crippen molar-refractivity contribution in [2.24, 2.45) is 0 Å². The van der Waals surface area contributed by atoms with Crippen LogP contribution in [0.1, 0.15) is 30.4 Å². The van der Waals surface area contributed by atoms with Crippen molar-refractivity contribution in [1.29, 1.82) is 0 Å². The number of nitrogens with one attached hydrogen (secondary N) is 2. The number of aliphatic carboxylic acids is 1. The van der Waals surface area contributed by atoms with E-state index in [0.29, 0.717) is 12.2 Å². The first kappa shape index (κ1) is 25.6. The molecule has 3 atom stereocenters. The van der Waals surface area contributed by atoms with Gasteiger partial charge in [0.1, 0.15) is 12.6 Å². The van der Waals surface area contributed by atoms with Gasteiger partial charge in [0.15, 0.2) is 6.04 Å². The molecule has 8 nitrogen and oxygen atoms in total. The van der Waals surface area contributed by atoms with Crippen LogP contribution in [0, 0.1) is 0 Å². The number of thioether (sulfide) groups is 1. The Morgan fingerprint density at radius 1 is 1.03 bits per heavy atom. The zero-order chi connectivity index (χ0) is 24.7. The fourth-order valence-corrected chi connectivity index (χ4v) is 4.53. The molecule has 0 fully saturated rings. The third-order valence-electron chi connectivity index (χ3n) is 5.97. The highest BCUT2D eigenvalue weighted by Crippen LogP contribution is 2.44. The van der Waals surface area contributed by atoms with E-state index in [4.69, 9.17) is 9.47 Å². The van der Waals surface area contributed by atoms with Crippen LogP contribution < -0.4 is 10.6 Å². The van der Waals surface area contributed by atoms with E-state index in [0.717, 1.165) is 22.3 Å². The van der Waals surface area contributed by atoms with E-state index >= 15 is 0 Å². The van der Waals surface area contributed by atoms with Gasteiger partial charge in [-0.2, -0.15) is 11.8 Å². The van der Waals surface area contributed by atoms with Crippen molar-refractivity contribution < 1.29 is 29.0 Å². The molecule has 182 valence electrons. The lowest BCUT2D eigenvalue weighted by Gasteiger charge is -2.24. The molecule has 0 heterocycles. The molecule has 34 heavy (non-hydrogen) atoms. The van der Waals surface area contributed by atoms with Crippen molar-refractivity contribution in [3.05, 3.63) is 59.7 Å².